The summed E-state index contributed by atoms with van der Waals surface area (Å²) in [5, 5.41) is 117. The first-order chi connectivity index (χ1) is 67.4. The molecule has 12 atom stereocenters. The Morgan fingerprint density at radius 2 is 0.564 bits per heavy atom. The lowest BCUT2D eigenvalue weighted by molar-refractivity contribution is 0.159. The van der Waals surface area contributed by atoms with Gasteiger partial charge in [-0.25, -0.2) is 36.7 Å². The van der Waals surface area contributed by atoms with Gasteiger partial charge in [0.15, 0.2) is 0 Å². The minimum atomic E-state index is -4.37. The Morgan fingerprint density at radius 1 is 0.300 bits per heavy atom. The van der Waals surface area contributed by atoms with Crippen molar-refractivity contribution in [3.8, 4) is 62.5 Å². The lowest BCUT2D eigenvalue weighted by Crippen LogP contribution is -2.29. The van der Waals surface area contributed by atoms with E-state index in [1.54, 1.807) is 147 Å². The third-order valence-corrected chi connectivity index (χ3v) is 26.2. The van der Waals surface area contributed by atoms with Crippen molar-refractivity contribution in [2.75, 3.05) is 26.7 Å². The number of halogens is 4. The smallest absolute Gasteiger partial charge is 0.356 e. The zero-order chi connectivity index (χ0) is 99.0. The first-order valence-corrected chi connectivity index (χ1v) is 46.9. The van der Waals surface area contributed by atoms with Gasteiger partial charge in [0.1, 0.15) is 63.5 Å². The van der Waals surface area contributed by atoms with Gasteiger partial charge in [-0.3, -0.25) is 24.2 Å². The van der Waals surface area contributed by atoms with Gasteiger partial charge >= 0.3 is 31.7 Å². The van der Waals surface area contributed by atoms with Gasteiger partial charge in [-0.05, 0) is 254 Å². The molecule has 0 aromatic heterocycles. The fourth-order valence-electron chi connectivity index (χ4n) is 18.2. The van der Waals surface area contributed by atoms with Crippen LogP contribution in [0.4, 0.5) is 59.5 Å². The largest absolute Gasteiger partial charge is 0.508 e. The Bertz CT molecular complexity index is 6660. The van der Waals surface area contributed by atoms with E-state index < -0.39 is 80.1 Å². The predicted molar refractivity (Wildman–Crippen MR) is 523 cm³/mol. The van der Waals surface area contributed by atoms with Crippen LogP contribution in [-0.4, -0.2) is 116 Å². The minimum Gasteiger partial charge on any atom is -0.508 e. The van der Waals surface area contributed by atoms with Crippen molar-refractivity contribution in [1.29, 1.82) is 0 Å². The number of hydrogen-bond donors (Lipinski definition) is 16. The van der Waals surface area contributed by atoms with Gasteiger partial charge in [0.05, 0.1) is 85.2 Å². The maximum atomic E-state index is 13.3. The van der Waals surface area contributed by atoms with E-state index in [-0.39, 0.29) is 87.4 Å². The molecule has 140 heavy (non-hydrogen) atoms. The summed E-state index contributed by atoms with van der Waals surface area (Å²) < 4.78 is 69.7. The number of benzene rings is 14. The molecule has 4 fully saturated rings. The number of nitrogens with one attached hydrogen (secondary N) is 4. The zero-order valence-electron chi connectivity index (χ0n) is 75.5. The van der Waals surface area contributed by atoms with Gasteiger partial charge in [0, 0.05) is 57.1 Å². The second-order valence-electron chi connectivity index (χ2n) is 34.3. The van der Waals surface area contributed by atoms with E-state index in [2.05, 4.69) is 21.3 Å². The monoisotopic (exact) mass is 1920 g/mol. The predicted octanol–water partition coefficient (Wildman–Crippen LogP) is 20.3. The highest BCUT2D eigenvalue weighted by molar-refractivity contribution is 7.60. The summed E-state index contributed by atoms with van der Waals surface area (Å²) in [5.41, 5.74) is 9.95. The molecule has 18 rings (SSSR count). The van der Waals surface area contributed by atoms with E-state index >= 15 is 0 Å². The average molecular weight is 1920 g/mol. The van der Waals surface area contributed by atoms with Crippen LogP contribution < -0.4 is 50.9 Å². The molecule has 720 valence electrons. The number of carbonyl (C=O) groups excluding carboxylic acids is 4. The van der Waals surface area contributed by atoms with Crippen molar-refractivity contribution in [2.45, 2.75) is 124 Å². The van der Waals surface area contributed by atoms with Crippen molar-refractivity contribution in [3.63, 3.8) is 0 Å². The Hall–Kier alpha value is -15.5. The van der Waals surface area contributed by atoms with Crippen LogP contribution in [0.1, 0.15) is 144 Å². The summed E-state index contributed by atoms with van der Waals surface area (Å²) in [7, 11) is -2.86. The molecule has 0 aliphatic carbocycles. The number of nitrogens with zero attached hydrogens (tertiary/aromatic N) is 4. The number of rotatable bonds is 28. The molecule has 8 amide bonds. The maximum Gasteiger partial charge on any atom is 0.356 e. The van der Waals surface area contributed by atoms with Gasteiger partial charge in [0.25, 0.3) is 0 Å². The number of methoxy groups -OCH3 is 1. The number of aliphatic hydroxyl groups excluding tert-OH is 4. The Kier molecular flexibility index (Phi) is 31.6. The van der Waals surface area contributed by atoms with Crippen LogP contribution in [0.3, 0.4) is 0 Å². The molecule has 26 nitrogen and oxygen atoms in total. The van der Waals surface area contributed by atoms with E-state index in [4.69, 9.17) is 4.74 Å². The molecular formula is C109H103F4N8O18P. The van der Waals surface area contributed by atoms with Crippen LogP contribution >= 0.6 is 7.60 Å². The van der Waals surface area contributed by atoms with E-state index in [1.807, 2.05) is 109 Å². The number of phenols is 6. The van der Waals surface area contributed by atoms with Gasteiger partial charge in [0.2, 0.25) is 0 Å². The number of aromatic hydroxyl groups is 6. The van der Waals surface area contributed by atoms with Crippen molar-refractivity contribution in [1.82, 2.24) is 21.3 Å². The Labute approximate surface area is 804 Å². The number of ether oxygens (including phenoxy) is 1. The van der Waals surface area contributed by atoms with Crippen LogP contribution in [0.5, 0.6) is 40.2 Å². The molecule has 0 bridgehead atoms. The van der Waals surface area contributed by atoms with E-state index in [9.17, 15) is 102 Å². The lowest BCUT2D eigenvalue weighted by Gasteiger charge is -2.28. The quantitative estimate of drug-likeness (QED) is 0.0160. The standard InChI is InChI=1S/C30H28FN2O6P.C30H27FN2O4.C25H25FN2O4.C24H23FN2O4/c31-22-11-6-20(7-12-22)27(34)17-16-26-29(33(30(36)32-26)23-4-2-1-3-5-23)25-15-10-21(18-28(25)35)19-8-13-24(14-9-19)40(37,38)39;31-22-12-9-19(10-13-22)27(35)16-15-26-29(33(30(37)32-26)23-6-2-1-3-7-23)25-14-11-21(18-28(25)36)20-5-4-8-24(34)17-20;1-32-19-11-12-20(23(30)15-19)24-21(13-14-22(29)16-7-9-17(26)10-8-16)27-25(31)28(24)18-5-3-2-4-6-18;25-16-8-6-15(7-9-16)21(29)13-12-20-23(19-11-10-18(28)14-22(19)30)27(24(31)26-20)17-4-2-1-3-5-17/h1-15,18,26-27,29,34-35H,16-17H2,(H,32,36)(H2,37,38,39);1-14,17-18,26-27,29,34-36H,15-16H2,(H,32,37);2-12,15,21-22,24,29-30H,13-14H2,1H3,(H,27,31);1-11,14,20-21,23,28-30H,12-13H2,(H,26,31)/t2*26-,27+,29-;21-,22+,24-;20-,21+,23-/m1111/s1. The van der Waals surface area contributed by atoms with Crippen molar-refractivity contribution in [2.24, 2.45) is 0 Å². The van der Waals surface area contributed by atoms with Crippen molar-refractivity contribution < 1.29 is 107 Å². The third-order valence-electron chi connectivity index (χ3n) is 25.2. The van der Waals surface area contributed by atoms with Crippen LogP contribution in [-0.2, 0) is 4.57 Å². The Balaban J connectivity index is 0.000000142. The minimum absolute atomic E-state index is 0.0207. The highest BCUT2D eigenvalue weighted by atomic mass is 31.2. The summed E-state index contributed by atoms with van der Waals surface area (Å²) in [6.07, 6.45) is -0.348. The number of urea groups is 4. The number of para-hydroxylation sites is 4. The van der Waals surface area contributed by atoms with E-state index in [1.165, 1.54) is 110 Å². The number of hydrogen-bond acceptors (Lipinski definition) is 16. The second-order valence-corrected chi connectivity index (χ2v) is 35.9. The maximum absolute atomic E-state index is 13.3. The van der Waals surface area contributed by atoms with E-state index in [0.29, 0.717) is 136 Å². The van der Waals surface area contributed by atoms with Crippen LogP contribution in [0.2, 0.25) is 0 Å². The summed E-state index contributed by atoms with van der Waals surface area (Å²) in [6.45, 7) is 0. The van der Waals surface area contributed by atoms with Crippen molar-refractivity contribution >= 4 is 59.8 Å². The Morgan fingerprint density at radius 3 is 0.843 bits per heavy atom. The molecule has 4 heterocycles. The fourth-order valence-corrected chi connectivity index (χ4v) is 18.7. The highest BCUT2D eigenvalue weighted by Crippen LogP contribution is 2.48. The molecule has 0 saturated carbocycles. The zero-order valence-corrected chi connectivity index (χ0v) is 76.4. The molecule has 4 saturated heterocycles. The fraction of sp³-hybridized carbons (Fsp3) is 0.193. The molecule has 16 N–H and O–H groups in total. The molecule has 4 aliphatic rings. The molecule has 31 heteroatoms. The first kappa shape index (κ1) is 99.0. The first-order valence-electron chi connectivity index (χ1n) is 45.3. The molecule has 4 aliphatic heterocycles. The van der Waals surface area contributed by atoms with Crippen LogP contribution in [0.25, 0.3) is 22.3 Å². The SMILES string of the molecule is COc1ccc([C@@H]2[C@@H](CC[C@H](O)c3ccc(F)cc3)NC(=O)N2c2ccccc2)c(O)c1.O=C1N[C@H](CC[C@H](O)c2ccc(F)cc2)[C@@H](c2ccc(-c3ccc(P(=O)(O)O)cc3)cc2O)N1c1ccccc1.O=C1N[C@H](CC[C@H](O)c2ccc(F)cc2)[C@@H](c2ccc(-c3cccc(O)c3)cc2O)N1c1ccccc1.O=C1N[C@H](CC[C@H](O)c2ccc(F)cc2)[C@@H](c2ccc(O)cc2O)N1c1ccccc1. The number of anilines is 4. The van der Waals surface area contributed by atoms with Gasteiger partial charge in [-0.15, -0.1) is 0 Å². The molecule has 14 aromatic carbocycles. The molecular weight excluding hydrogens is 1820 g/mol. The average Bonchev–Trinajstić information content (AvgIpc) is 1.62. The summed E-state index contributed by atoms with van der Waals surface area (Å²) >= 11 is 0. The molecule has 0 unspecified atom stereocenters. The molecule has 0 spiro atoms. The second kappa shape index (κ2) is 44.7. The number of aliphatic hydroxyl groups is 4. The van der Waals surface area contributed by atoms with Crippen molar-refractivity contribution in [3.05, 3.63) is 407 Å². The molecule has 14 aromatic rings. The van der Waals surface area contributed by atoms with Gasteiger partial charge in [-0.2, -0.15) is 0 Å². The topological polar surface area (TPSA) is 398 Å². The van der Waals surface area contributed by atoms with Gasteiger partial charge < -0.3 is 86.9 Å². The summed E-state index contributed by atoms with van der Waals surface area (Å²) in [4.78, 5) is 77.3. The van der Waals surface area contributed by atoms with Crippen LogP contribution in [0.15, 0.2) is 340 Å². The summed E-state index contributed by atoms with van der Waals surface area (Å²) in [6, 6.07) is 86.6. The van der Waals surface area contributed by atoms with Gasteiger partial charge in [-0.1, -0.05) is 170 Å². The van der Waals surface area contributed by atoms with E-state index in [0.717, 1.165) is 11.1 Å². The highest BCUT2D eigenvalue weighted by Gasteiger charge is 2.47. The normalized spacial score (nSPS) is 18.5. The number of phenolic OH excluding ortho intramolecular Hbond substituents is 6. The lowest BCUT2D eigenvalue weighted by atomic mass is 9.91. The summed E-state index contributed by atoms with van der Waals surface area (Å²) in [5.74, 6) is -1.07. The third kappa shape index (κ3) is 23.6. The van der Waals surface area contributed by atoms with Crippen LogP contribution in [0, 0.1) is 23.3 Å². The number of carbonyl (C=O) groups is 4. The number of amides is 8. The molecule has 0 radical (unpaired) electrons.